The van der Waals surface area contributed by atoms with Crippen molar-refractivity contribution in [1.29, 1.82) is 0 Å². The predicted octanol–water partition coefficient (Wildman–Crippen LogP) is 1.90. The van der Waals surface area contributed by atoms with E-state index in [1.54, 1.807) is 11.8 Å². The number of nitrogens with zero attached hydrogens (tertiary/aromatic N) is 1. The van der Waals surface area contributed by atoms with Crippen molar-refractivity contribution >= 4 is 5.91 Å². The smallest absolute Gasteiger partial charge is 0.219 e. The van der Waals surface area contributed by atoms with Gasteiger partial charge < -0.3 is 4.90 Å². The van der Waals surface area contributed by atoms with Gasteiger partial charge >= 0.3 is 0 Å². The Balaban J connectivity index is 3.31. The SMILES string of the molecule is CC(=O)N(C)CCCC(C)C. The van der Waals surface area contributed by atoms with E-state index in [0.717, 1.165) is 18.9 Å². The minimum atomic E-state index is 0.161. The molecule has 66 valence electrons. The van der Waals surface area contributed by atoms with Gasteiger partial charge in [-0.25, -0.2) is 0 Å². The minimum absolute atomic E-state index is 0.161. The average Bonchev–Trinajstić information content (AvgIpc) is 1.86. The normalized spacial score (nSPS) is 10.3. The number of amides is 1. The predicted molar refractivity (Wildman–Crippen MR) is 47.4 cm³/mol. The molecule has 0 atom stereocenters. The van der Waals surface area contributed by atoms with Gasteiger partial charge in [-0.1, -0.05) is 13.8 Å². The molecule has 0 aromatic carbocycles. The van der Waals surface area contributed by atoms with Crippen LogP contribution < -0.4 is 0 Å². The van der Waals surface area contributed by atoms with E-state index in [9.17, 15) is 4.79 Å². The summed E-state index contributed by atoms with van der Waals surface area (Å²) in [5, 5.41) is 0. The summed E-state index contributed by atoms with van der Waals surface area (Å²) in [4.78, 5) is 12.5. The summed E-state index contributed by atoms with van der Waals surface area (Å²) in [5.74, 6) is 0.907. The van der Waals surface area contributed by atoms with E-state index in [4.69, 9.17) is 0 Å². The quantitative estimate of drug-likeness (QED) is 0.610. The maximum Gasteiger partial charge on any atom is 0.219 e. The molecule has 0 radical (unpaired) electrons. The van der Waals surface area contributed by atoms with Gasteiger partial charge in [0.1, 0.15) is 0 Å². The van der Waals surface area contributed by atoms with Gasteiger partial charge in [0.15, 0.2) is 0 Å². The van der Waals surface area contributed by atoms with Crippen LogP contribution in [0, 0.1) is 5.92 Å². The van der Waals surface area contributed by atoms with Crippen LogP contribution in [-0.4, -0.2) is 24.4 Å². The van der Waals surface area contributed by atoms with Crippen molar-refractivity contribution in [3.8, 4) is 0 Å². The number of hydrogen-bond acceptors (Lipinski definition) is 1. The maximum atomic E-state index is 10.7. The third-order valence-electron chi connectivity index (χ3n) is 1.81. The van der Waals surface area contributed by atoms with Crippen LogP contribution in [0.5, 0.6) is 0 Å². The van der Waals surface area contributed by atoms with E-state index < -0.39 is 0 Å². The third kappa shape index (κ3) is 5.89. The highest BCUT2D eigenvalue weighted by molar-refractivity contribution is 5.72. The molecule has 0 aromatic heterocycles. The first-order chi connectivity index (χ1) is 5.04. The molecule has 0 aromatic rings. The molecule has 0 rings (SSSR count). The summed E-state index contributed by atoms with van der Waals surface area (Å²) in [6, 6.07) is 0. The Hall–Kier alpha value is -0.530. The lowest BCUT2D eigenvalue weighted by molar-refractivity contribution is -0.127. The highest BCUT2D eigenvalue weighted by Crippen LogP contribution is 2.03. The zero-order valence-corrected chi connectivity index (χ0v) is 8.05. The molecule has 0 aliphatic rings. The molecular weight excluding hydrogens is 138 g/mol. The number of carbonyl (C=O) groups is 1. The van der Waals surface area contributed by atoms with Crippen molar-refractivity contribution in [3.05, 3.63) is 0 Å². The second-order valence-electron chi connectivity index (χ2n) is 3.48. The van der Waals surface area contributed by atoms with Gasteiger partial charge in [0.05, 0.1) is 0 Å². The van der Waals surface area contributed by atoms with Crippen molar-refractivity contribution in [2.45, 2.75) is 33.6 Å². The Kier molecular flexibility index (Phi) is 4.92. The standard InChI is InChI=1S/C9H19NO/c1-8(2)6-5-7-10(4)9(3)11/h8H,5-7H2,1-4H3. The summed E-state index contributed by atoms with van der Waals surface area (Å²) >= 11 is 0. The van der Waals surface area contributed by atoms with Gasteiger partial charge in [-0.3, -0.25) is 4.79 Å². The molecular formula is C9H19NO. The van der Waals surface area contributed by atoms with Crippen LogP contribution >= 0.6 is 0 Å². The van der Waals surface area contributed by atoms with Gasteiger partial charge in [0, 0.05) is 20.5 Å². The van der Waals surface area contributed by atoms with Crippen molar-refractivity contribution < 1.29 is 4.79 Å². The summed E-state index contributed by atoms with van der Waals surface area (Å²) < 4.78 is 0. The molecule has 11 heavy (non-hydrogen) atoms. The van der Waals surface area contributed by atoms with Gasteiger partial charge in [-0.15, -0.1) is 0 Å². The van der Waals surface area contributed by atoms with Crippen LogP contribution in [0.4, 0.5) is 0 Å². The number of rotatable bonds is 4. The van der Waals surface area contributed by atoms with Crippen LogP contribution in [0.1, 0.15) is 33.6 Å². The molecule has 0 aliphatic heterocycles. The first-order valence-electron chi connectivity index (χ1n) is 4.25. The van der Waals surface area contributed by atoms with Gasteiger partial charge in [0.2, 0.25) is 5.91 Å². The van der Waals surface area contributed by atoms with E-state index in [1.165, 1.54) is 6.42 Å². The van der Waals surface area contributed by atoms with Gasteiger partial charge in [-0.05, 0) is 18.8 Å². The van der Waals surface area contributed by atoms with Crippen LogP contribution in [-0.2, 0) is 4.79 Å². The lowest BCUT2D eigenvalue weighted by atomic mass is 10.1. The number of carbonyl (C=O) groups excluding carboxylic acids is 1. The lowest BCUT2D eigenvalue weighted by Crippen LogP contribution is -2.24. The maximum absolute atomic E-state index is 10.7. The molecule has 0 heterocycles. The van der Waals surface area contributed by atoms with E-state index in [0.29, 0.717) is 0 Å². The van der Waals surface area contributed by atoms with Crippen LogP contribution in [0.15, 0.2) is 0 Å². The molecule has 1 amide bonds. The fourth-order valence-corrected chi connectivity index (χ4v) is 0.894. The summed E-state index contributed by atoms with van der Waals surface area (Å²) in [6.45, 7) is 6.91. The third-order valence-corrected chi connectivity index (χ3v) is 1.81. The first-order valence-corrected chi connectivity index (χ1v) is 4.25. The summed E-state index contributed by atoms with van der Waals surface area (Å²) in [5.41, 5.74) is 0. The van der Waals surface area contributed by atoms with Crippen LogP contribution in [0.2, 0.25) is 0 Å². The fourth-order valence-electron chi connectivity index (χ4n) is 0.894. The van der Waals surface area contributed by atoms with Crippen molar-refractivity contribution in [1.82, 2.24) is 4.90 Å². The van der Waals surface area contributed by atoms with Crippen molar-refractivity contribution in [3.63, 3.8) is 0 Å². The number of hydrogen-bond donors (Lipinski definition) is 0. The monoisotopic (exact) mass is 157 g/mol. The highest BCUT2D eigenvalue weighted by atomic mass is 16.2. The molecule has 0 fully saturated rings. The molecule has 0 aliphatic carbocycles. The molecule has 0 saturated heterocycles. The Morgan fingerprint density at radius 3 is 2.36 bits per heavy atom. The Labute approximate surface area is 69.6 Å². The fraction of sp³-hybridized carbons (Fsp3) is 0.889. The molecule has 2 heteroatoms. The van der Waals surface area contributed by atoms with Gasteiger partial charge in [0.25, 0.3) is 0 Å². The molecule has 0 N–H and O–H groups in total. The molecule has 0 unspecified atom stereocenters. The van der Waals surface area contributed by atoms with E-state index in [1.807, 2.05) is 7.05 Å². The van der Waals surface area contributed by atoms with E-state index >= 15 is 0 Å². The highest BCUT2D eigenvalue weighted by Gasteiger charge is 2.01. The average molecular weight is 157 g/mol. The largest absolute Gasteiger partial charge is 0.346 e. The first kappa shape index (κ1) is 10.5. The van der Waals surface area contributed by atoms with Crippen molar-refractivity contribution in [2.24, 2.45) is 5.92 Å². The lowest BCUT2D eigenvalue weighted by Gasteiger charge is -2.14. The summed E-state index contributed by atoms with van der Waals surface area (Å²) in [6.07, 6.45) is 2.32. The van der Waals surface area contributed by atoms with E-state index in [2.05, 4.69) is 13.8 Å². The van der Waals surface area contributed by atoms with Crippen molar-refractivity contribution in [2.75, 3.05) is 13.6 Å². The van der Waals surface area contributed by atoms with E-state index in [-0.39, 0.29) is 5.91 Å². The molecule has 0 bridgehead atoms. The second-order valence-corrected chi connectivity index (χ2v) is 3.48. The summed E-state index contributed by atoms with van der Waals surface area (Å²) in [7, 11) is 1.85. The topological polar surface area (TPSA) is 20.3 Å². The molecule has 0 saturated carbocycles. The van der Waals surface area contributed by atoms with Gasteiger partial charge in [-0.2, -0.15) is 0 Å². The Morgan fingerprint density at radius 2 is 2.00 bits per heavy atom. The zero-order valence-electron chi connectivity index (χ0n) is 8.05. The molecule has 0 spiro atoms. The minimum Gasteiger partial charge on any atom is -0.346 e. The zero-order chi connectivity index (χ0) is 8.85. The Bertz CT molecular complexity index is 121. The molecule has 2 nitrogen and oxygen atoms in total. The Morgan fingerprint density at radius 1 is 1.45 bits per heavy atom. The second kappa shape index (κ2) is 5.16. The van der Waals surface area contributed by atoms with Crippen LogP contribution in [0.25, 0.3) is 0 Å². The van der Waals surface area contributed by atoms with Crippen LogP contribution in [0.3, 0.4) is 0 Å².